The van der Waals surface area contributed by atoms with Crippen LogP contribution in [-0.2, 0) is 14.9 Å². The Hall–Kier alpha value is -2.60. The van der Waals surface area contributed by atoms with E-state index in [0.717, 1.165) is 4.47 Å². The van der Waals surface area contributed by atoms with E-state index in [1.807, 2.05) is 0 Å². The number of benzene rings is 2. The molecule has 0 spiro atoms. The standard InChI is InChI=1S/C18H17BrN4O5S/c19-11-7-5-10(6-8-11)17-22-23-18(28-17)16(21)13(9-15(20)24)12-3-1-2-4-14(12)29(25,26)27/h1-8,13,16H,9,21H2,(H2,20,24)(H,25,26,27)/t13?,16-/m0/s1. The molecule has 3 rings (SSSR count). The topological polar surface area (TPSA) is 162 Å². The van der Waals surface area contributed by atoms with Crippen molar-refractivity contribution >= 4 is 32.0 Å². The van der Waals surface area contributed by atoms with E-state index >= 15 is 0 Å². The normalized spacial score (nSPS) is 13.8. The molecule has 9 nitrogen and oxygen atoms in total. The number of nitrogens with zero attached hydrogens (tertiary/aromatic N) is 2. The lowest BCUT2D eigenvalue weighted by molar-refractivity contribution is -0.118. The summed E-state index contributed by atoms with van der Waals surface area (Å²) < 4.78 is 39.6. The van der Waals surface area contributed by atoms with Crippen LogP contribution in [0.5, 0.6) is 0 Å². The van der Waals surface area contributed by atoms with Crippen LogP contribution in [0, 0.1) is 0 Å². The fourth-order valence-corrected chi connectivity index (χ4v) is 3.95. The monoisotopic (exact) mass is 480 g/mol. The number of carbonyl (C=O) groups excluding carboxylic acids is 1. The molecule has 11 heteroatoms. The minimum atomic E-state index is -4.55. The number of rotatable bonds is 7. The summed E-state index contributed by atoms with van der Waals surface area (Å²) in [6, 6.07) is 11.8. The van der Waals surface area contributed by atoms with Crippen LogP contribution in [0.2, 0.25) is 0 Å². The zero-order chi connectivity index (χ0) is 21.2. The van der Waals surface area contributed by atoms with Crippen molar-refractivity contribution in [2.45, 2.75) is 23.3 Å². The first-order valence-electron chi connectivity index (χ1n) is 8.36. The van der Waals surface area contributed by atoms with Crippen LogP contribution >= 0.6 is 15.9 Å². The summed E-state index contributed by atoms with van der Waals surface area (Å²) in [5.41, 5.74) is 12.4. The summed E-state index contributed by atoms with van der Waals surface area (Å²) in [6.07, 6.45) is -0.288. The summed E-state index contributed by atoms with van der Waals surface area (Å²) >= 11 is 3.34. The summed E-state index contributed by atoms with van der Waals surface area (Å²) in [5.74, 6) is -1.41. The maximum absolute atomic E-state index is 11.8. The molecule has 0 radical (unpaired) electrons. The first-order valence-corrected chi connectivity index (χ1v) is 10.6. The molecule has 0 aliphatic rings. The highest BCUT2D eigenvalue weighted by Gasteiger charge is 2.31. The largest absolute Gasteiger partial charge is 0.419 e. The zero-order valence-corrected chi connectivity index (χ0v) is 17.3. The number of amides is 1. The molecule has 2 aromatic carbocycles. The smallest absolute Gasteiger partial charge is 0.294 e. The van der Waals surface area contributed by atoms with E-state index < -0.39 is 28.0 Å². The van der Waals surface area contributed by atoms with Crippen LogP contribution in [0.15, 0.2) is 62.3 Å². The van der Waals surface area contributed by atoms with Crippen LogP contribution < -0.4 is 11.5 Å². The highest BCUT2D eigenvalue weighted by molar-refractivity contribution is 9.10. The molecule has 3 aromatic rings. The molecule has 1 heterocycles. The van der Waals surface area contributed by atoms with Gasteiger partial charge in [-0.15, -0.1) is 10.2 Å². The number of halogens is 1. The Bertz CT molecular complexity index is 1130. The molecule has 152 valence electrons. The van der Waals surface area contributed by atoms with Crippen LogP contribution in [0.1, 0.15) is 29.8 Å². The van der Waals surface area contributed by atoms with Gasteiger partial charge in [0.2, 0.25) is 17.7 Å². The van der Waals surface area contributed by atoms with Crippen LogP contribution in [0.3, 0.4) is 0 Å². The van der Waals surface area contributed by atoms with Gasteiger partial charge in [-0.3, -0.25) is 9.35 Å². The molecule has 0 fully saturated rings. The Balaban J connectivity index is 2.01. The van der Waals surface area contributed by atoms with Gasteiger partial charge in [0.1, 0.15) is 0 Å². The molecule has 0 aliphatic carbocycles. The molecule has 2 atom stereocenters. The number of aromatic nitrogens is 2. The number of hydrogen-bond acceptors (Lipinski definition) is 7. The molecule has 0 bridgehead atoms. The van der Waals surface area contributed by atoms with Gasteiger partial charge >= 0.3 is 0 Å². The Kier molecular flexibility index (Phi) is 6.13. The van der Waals surface area contributed by atoms with E-state index in [1.54, 1.807) is 30.3 Å². The van der Waals surface area contributed by atoms with Gasteiger partial charge in [-0.05, 0) is 35.9 Å². The summed E-state index contributed by atoms with van der Waals surface area (Å²) in [4.78, 5) is 11.3. The van der Waals surface area contributed by atoms with Crippen molar-refractivity contribution in [3.63, 3.8) is 0 Å². The lowest BCUT2D eigenvalue weighted by Gasteiger charge is -2.22. The molecule has 1 unspecified atom stereocenters. The highest BCUT2D eigenvalue weighted by atomic mass is 79.9. The van der Waals surface area contributed by atoms with Crippen molar-refractivity contribution in [2.24, 2.45) is 11.5 Å². The van der Waals surface area contributed by atoms with Crippen molar-refractivity contribution in [1.29, 1.82) is 0 Å². The molecule has 0 saturated heterocycles. The number of primary amides is 1. The number of carbonyl (C=O) groups is 1. The van der Waals surface area contributed by atoms with Gasteiger partial charge in [-0.25, -0.2) is 0 Å². The third-order valence-corrected chi connectivity index (χ3v) is 5.72. The fourth-order valence-electron chi connectivity index (χ4n) is 2.92. The molecule has 5 N–H and O–H groups in total. The van der Waals surface area contributed by atoms with Gasteiger partial charge in [0.05, 0.1) is 10.9 Å². The van der Waals surface area contributed by atoms with Gasteiger partial charge in [0.15, 0.2) is 0 Å². The van der Waals surface area contributed by atoms with E-state index in [0.29, 0.717) is 5.56 Å². The summed E-state index contributed by atoms with van der Waals surface area (Å²) in [7, 11) is -4.55. The Labute approximate surface area is 175 Å². The number of nitrogens with two attached hydrogens (primary N) is 2. The van der Waals surface area contributed by atoms with Crippen LogP contribution in [-0.4, -0.2) is 29.1 Å². The van der Waals surface area contributed by atoms with Crippen LogP contribution in [0.25, 0.3) is 11.5 Å². The molecule has 0 aliphatic heterocycles. The zero-order valence-electron chi connectivity index (χ0n) is 14.9. The van der Waals surface area contributed by atoms with Gasteiger partial charge in [-0.2, -0.15) is 8.42 Å². The molecule has 0 saturated carbocycles. The average molecular weight is 481 g/mol. The maximum atomic E-state index is 11.8. The van der Waals surface area contributed by atoms with Gasteiger partial charge in [-0.1, -0.05) is 34.1 Å². The number of hydrogen-bond donors (Lipinski definition) is 3. The van der Waals surface area contributed by atoms with Gasteiger partial charge in [0.25, 0.3) is 10.1 Å². The first-order chi connectivity index (χ1) is 13.7. The lowest BCUT2D eigenvalue weighted by Crippen LogP contribution is -2.26. The third kappa shape index (κ3) is 4.88. The van der Waals surface area contributed by atoms with Crippen molar-refractivity contribution in [3.05, 3.63) is 64.5 Å². The van der Waals surface area contributed by atoms with Crippen molar-refractivity contribution in [2.75, 3.05) is 0 Å². The molecular weight excluding hydrogens is 464 g/mol. The summed E-state index contributed by atoms with van der Waals surface area (Å²) in [5, 5.41) is 7.91. The van der Waals surface area contributed by atoms with E-state index in [2.05, 4.69) is 26.1 Å². The Morgan fingerprint density at radius 1 is 1.14 bits per heavy atom. The van der Waals surface area contributed by atoms with Crippen LogP contribution in [0.4, 0.5) is 0 Å². The second-order valence-corrected chi connectivity index (χ2v) is 8.57. The van der Waals surface area contributed by atoms with Crippen molar-refractivity contribution < 1.29 is 22.2 Å². The molecule has 29 heavy (non-hydrogen) atoms. The van der Waals surface area contributed by atoms with E-state index in [9.17, 15) is 17.8 Å². The quantitative estimate of drug-likeness (QED) is 0.433. The molecule has 1 aromatic heterocycles. The summed E-state index contributed by atoms with van der Waals surface area (Å²) in [6.45, 7) is 0. The van der Waals surface area contributed by atoms with Crippen molar-refractivity contribution in [1.82, 2.24) is 10.2 Å². The minimum absolute atomic E-state index is 0.000639. The van der Waals surface area contributed by atoms with E-state index in [4.69, 9.17) is 15.9 Å². The molecule has 1 amide bonds. The van der Waals surface area contributed by atoms with Gasteiger partial charge < -0.3 is 15.9 Å². The third-order valence-electron chi connectivity index (χ3n) is 4.27. The second-order valence-electron chi connectivity index (χ2n) is 6.27. The average Bonchev–Trinajstić information content (AvgIpc) is 3.15. The lowest BCUT2D eigenvalue weighted by atomic mass is 9.88. The van der Waals surface area contributed by atoms with Gasteiger partial charge in [0, 0.05) is 22.4 Å². The Morgan fingerprint density at radius 2 is 1.79 bits per heavy atom. The first kappa shape index (κ1) is 21.1. The Morgan fingerprint density at radius 3 is 2.41 bits per heavy atom. The van der Waals surface area contributed by atoms with E-state index in [1.165, 1.54) is 18.2 Å². The SMILES string of the molecule is NC(=O)CC(c1ccccc1S(=O)(=O)O)[C@H](N)c1nnc(-c2ccc(Br)cc2)o1. The van der Waals surface area contributed by atoms with E-state index in [-0.39, 0.29) is 28.7 Å². The predicted molar refractivity (Wildman–Crippen MR) is 107 cm³/mol. The second kappa shape index (κ2) is 8.41. The highest BCUT2D eigenvalue weighted by Crippen LogP contribution is 2.36. The maximum Gasteiger partial charge on any atom is 0.294 e. The predicted octanol–water partition coefficient (Wildman–Crippen LogP) is 2.40. The van der Waals surface area contributed by atoms with Crippen molar-refractivity contribution in [3.8, 4) is 11.5 Å². The fraction of sp³-hybridized carbons (Fsp3) is 0.167. The minimum Gasteiger partial charge on any atom is -0.419 e. The molecular formula is C18H17BrN4O5S.